The van der Waals surface area contributed by atoms with Crippen molar-refractivity contribution in [3.8, 4) is 0 Å². The molecule has 1 fully saturated rings. The smallest absolute Gasteiger partial charge is 0.308 e. The summed E-state index contributed by atoms with van der Waals surface area (Å²) in [6, 6.07) is 0. The summed E-state index contributed by atoms with van der Waals surface area (Å²) in [6.07, 6.45) is 7.45. The number of rotatable bonds is 5. The Morgan fingerprint density at radius 1 is 1.48 bits per heavy atom. The number of esters is 1. The lowest BCUT2D eigenvalue weighted by atomic mass is 10.1. The van der Waals surface area contributed by atoms with Gasteiger partial charge < -0.3 is 20.1 Å². The Morgan fingerprint density at radius 3 is 2.90 bits per heavy atom. The van der Waals surface area contributed by atoms with Gasteiger partial charge in [-0.2, -0.15) is 0 Å². The van der Waals surface area contributed by atoms with Gasteiger partial charge in [0.2, 0.25) is 5.91 Å². The van der Waals surface area contributed by atoms with E-state index < -0.39 is 5.91 Å². The van der Waals surface area contributed by atoms with Gasteiger partial charge in [0, 0.05) is 18.0 Å². The predicted octanol–water partition coefficient (Wildman–Crippen LogP) is 1.28. The third kappa shape index (κ3) is 4.07. The third-order valence-corrected chi connectivity index (χ3v) is 3.54. The summed E-state index contributed by atoms with van der Waals surface area (Å²) in [5.41, 5.74) is 5.86. The van der Waals surface area contributed by atoms with Crippen molar-refractivity contribution in [3.63, 3.8) is 0 Å². The molecule has 0 unspecified atom stereocenters. The maximum absolute atomic E-state index is 11.4. The second-order valence-electron chi connectivity index (χ2n) is 5.63. The van der Waals surface area contributed by atoms with Gasteiger partial charge in [0.25, 0.3) is 0 Å². The lowest BCUT2D eigenvalue weighted by molar-refractivity contribution is -0.152. The van der Waals surface area contributed by atoms with Crippen molar-refractivity contribution in [2.75, 3.05) is 6.61 Å². The number of allylic oxidation sites excluding steroid dienone is 1. The normalized spacial score (nSPS) is 25.1. The Morgan fingerprint density at radius 2 is 2.24 bits per heavy atom. The van der Waals surface area contributed by atoms with Crippen LogP contribution in [0.1, 0.15) is 33.1 Å². The van der Waals surface area contributed by atoms with Crippen LogP contribution in [0, 0.1) is 5.92 Å². The van der Waals surface area contributed by atoms with Crippen LogP contribution in [0.2, 0.25) is 0 Å². The molecule has 0 spiro atoms. The molecule has 2 N–H and O–H groups in total. The van der Waals surface area contributed by atoms with E-state index >= 15 is 0 Å². The molecule has 2 heterocycles. The number of hydrogen-bond acceptors (Lipinski definition) is 5. The first-order chi connectivity index (χ1) is 9.97. The fourth-order valence-electron chi connectivity index (χ4n) is 2.29. The molecule has 0 radical (unpaired) electrons. The van der Waals surface area contributed by atoms with Crippen LogP contribution >= 0.6 is 0 Å². The molecule has 6 heteroatoms. The predicted molar refractivity (Wildman–Crippen MR) is 76.6 cm³/mol. The highest BCUT2D eigenvalue weighted by Gasteiger charge is 2.30. The first-order valence-corrected chi connectivity index (χ1v) is 7.24. The zero-order valence-corrected chi connectivity index (χ0v) is 12.5. The van der Waals surface area contributed by atoms with E-state index in [1.807, 2.05) is 17.2 Å². The van der Waals surface area contributed by atoms with Crippen LogP contribution in [-0.2, 0) is 19.1 Å². The van der Waals surface area contributed by atoms with Crippen LogP contribution in [0.5, 0.6) is 0 Å². The maximum atomic E-state index is 11.4. The van der Waals surface area contributed by atoms with Crippen LogP contribution in [-0.4, -0.2) is 35.7 Å². The van der Waals surface area contributed by atoms with Crippen molar-refractivity contribution in [2.45, 2.75) is 45.4 Å². The van der Waals surface area contributed by atoms with Crippen molar-refractivity contribution in [2.24, 2.45) is 11.7 Å². The second-order valence-corrected chi connectivity index (χ2v) is 5.63. The number of carbonyl (C=O) groups excluding carboxylic acids is 2. The molecule has 2 aliphatic rings. The summed E-state index contributed by atoms with van der Waals surface area (Å²) in [4.78, 5) is 24.5. The first kappa shape index (κ1) is 15.6. The van der Waals surface area contributed by atoms with Crippen molar-refractivity contribution >= 4 is 11.9 Å². The molecule has 0 aliphatic carbocycles. The van der Waals surface area contributed by atoms with E-state index in [1.54, 1.807) is 20.0 Å². The molecule has 2 aliphatic heterocycles. The largest absolute Gasteiger partial charge is 0.463 e. The minimum Gasteiger partial charge on any atom is -0.463 e. The van der Waals surface area contributed by atoms with Crippen molar-refractivity contribution < 1.29 is 19.1 Å². The lowest BCUT2D eigenvalue weighted by Gasteiger charge is -2.27. The molecule has 0 aromatic heterocycles. The number of carbonyl (C=O) groups is 2. The van der Waals surface area contributed by atoms with E-state index in [4.69, 9.17) is 15.2 Å². The second kappa shape index (κ2) is 6.76. The summed E-state index contributed by atoms with van der Waals surface area (Å²) < 4.78 is 11.1. The molecule has 0 aromatic carbocycles. The van der Waals surface area contributed by atoms with Crippen LogP contribution in [0.3, 0.4) is 0 Å². The third-order valence-electron chi connectivity index (χ3n) is 3.54. The van der Waals surface area contributed by atoms with Gasteiger partial charge in [-0.3, -0.25) is 9.59 Å². The SMILES string of the molecule is CC(C)C(=O)OC[C@@H]1CC[C@H](N2C=CCC(C(N)=O)=C2)O1. The summed E-state index contributed by atoms with van der Waals surface area (Å²) in [7, 11) is 0. The van der Waals surface area contributed by atoms with E-state index in [0.717, 1.165) is 12.8 Å². The minimum atomic E-state index is -0.412. The quantitative estimate of drug-likeness (QED) is 0.772. The maximum Gasteiger partial charge on any atom is 0.308 e. The Kier molecular flexibility index (Phi) is 5.01. The molecule has 1 amide bonds. The number of amides is 1. The fraction of sp³-hybridized carbons (Fsp3) is 0.600. The van der Waals surface area contributed by atoms with Gasteiger partial charge in [0.15, 0.2) is 0 Å². The van der Waals surface area contributed by atoms with Crippen molar-refractivity contribution in [1.82, 2.24) is 4.90 Å². The van der Waals surface area contributed by atoms with E-state index in [-0.39, 0.29) is 30.8 Å². The van der Waals surface area contributed by atoms with E-state index in [2.05, 4.69) is 0 Å². The summed E-state index contributed by atoms with van der Waals surface area (Å²) in [6.45, 7) is 3.88. The molecule has 21 heavy (non-hydrogen) atoms. The van der Waals surface area contributed by atoms with Gasteiger partial charge in [-0.1, -0.05) is 19.9 Å². The molecule has 116 valence electrons. The van der Waals surface area contributed by atoms with E-state index in [9.17, 15) is 9.59 Å². The zero-order valence-electron chi connectivity index (χ0n) is 12.5. The standard InChI is InChI=1S/C15H22N2O4/c1-10(2)15(19)20-9-12-5-6-13(21-12)17-7-3-4-11(8-17)14(16)18/h3,7-8,10,12-13H,4-6,9H2,1-2H3,(H2,16,18)/t12-,13+/m0/s1. The fourth-order valence-corrected chi connectivity index (χ4v) is 2.29. The molecule has 0 bridgehead atoms. The van der Waals surface area contributed by atoms with Crippen LogP contribution in [0.4, 0.5) is 0 Å². The molecule has 0 aromatic rings. The van der Waals surface area contributed by atoms with Crippen LogP contribution in [0.15, 0.2) is 24.0 Å². The highest BCUT2D eigenvalue weighted by molar-refractivity contribution is 5.92. The minimum absolute atomic E-state index is 0.0987. The molecular weight excluding hydrogens is 272 g/mol. The summed E-state index contributed by atoms with van der Waals surface area (Å²) in [5.74, 6) is -0.756. The Hall–Kier alpha value is -1.82. The highest BCUT2D eigenvalue weighted by atomic mass is 16.6. The lowest BCUT2D eigenvalue weighted by Crippen LogP contribution is -2.31. The van der Waals surface area contributed by atoms with Crippen molar-refractivity contribution in [1.29, 1.82) is 0 Å². The van der Waals surface area contributed by atoms with E-state index in [1.165, 1.54) is 0 Å². The Balaban J connectivity index is 1.85. The number of hydrogen-bond donors (Lipinski definition) is 1. The molecule has 0 saturated carbocycles. The summed E-state index contributed by atoms with van der Waals surface area (Å²) >= 11 is 0. The summed E-state index contributed by atoms with van der Waals surface area (Å²) in [5, 5.41) is 0. The number of nitrogens with zero attached hydrogens (tertiary/aromatic N) is 1. The Labute approximate surface area is 124 Å². The molecule has 2 rings (SSSR count). The topological polar surface area (TPSA) is 81.9 Å². The van der Waals surface area contributed by atoms with Crippen molar-refractivity contribution in [3.05, 3.63) is 24.0 Å². The van der Waals surface area contributed by atoms with Crippen LogP contribution < -0.4 is 5.73 Å². The number of primary amides is 1. The zero-order chi connectivity index (χ0) is 15.4. The van der Waals surface area contributed by atoms with Gasteiger partial charge in [-0.05, 0) is 19.3 Å². The first-order valence-electron chi connectivity index (χ1n) is 7.24. The Bertz CT molecular complexity index is 470. The van der Waals surface area contributed by atoms with E-state index in [0.29, 0.717) is 12.0 Å². The molecule has 6 nitrogen and oxygen atoms in total. The van der Waals surface area contributed by atoms with Gasteiger partial charge in [-0.15, -0.1) is 0 Å². The molecular formula is C15H22N2O4. The van der Waals surface area contributed by atoms with Crippen LogP contribution in [0.25, 0.3) is 0 Å². The average molecular weight is 294 g/mol. The van der Waals surface area contributed by atoms with Gasteiger partial charge in [0.05, 0.1) is 12.0 Å². The number of nitrogens with two attached hydrogens (primary N) is 1. The monoisotopic (exact) mass is 294 g/mol. The average Bonchev–Trinajstić information content (AvgIpc) is 2.93. The molecule has 1 saturated heterocycles. The highest BCUT2D eigenvalue weighted by Crippen LogP contribution is 2.26. The number of ether oxygens (including phenoxy) is 2. The van der Waals surface area contributed by atoms with Gasteiger partial charge in [0.1, 0.15) is 12.8 Å². The van der Waals surface area contributed by atoms with Gasteiger partial charge >= 0.3 is 5.97 Å². The van der Waals surface area contributed by atoms with Gasteiger partial charge in [-0.25, -0.2) is 0 Å². The molecule has 2 atom stereocenters.